The van der Waals surface area contributed by atoms with Crippen molar-refractivity contribution in [2.75, 3.05) is 13.1 Å². The van der Waals surface area contributed by atoms with Crippen molar-refractivity contribution in [1.29, 1.82) is 0 Å². The minimum Gasteiger partial charge on any atom is -0.338 e. The first kappa shape index (κ1) is 13.3. The predicted octanol–water partition coefficient (Wildman–Crippen LogP) is 3.30. The van der Waals surface area contributed by atoms with Gasteiger partial charge in [-0.15, -0.1) is 0 Å². The number of hydrogen-bond acceptors (Lipinski definition) is 1. The van der Waals surface area contributed by atoms with Crippen LogP contribution in [-0.2, 0) is 0 Å². The molecule has 0 aromatic heterocycles. The van der Waals surface area contributed by atoms with Crippen LogP contribution in [0, 0.1) is 23.2 Å². The molecule has 4 aliphatic rings. The summed E-state index contributed by atoms with van der Waals surface area (Å²) in [6.45, 7) is 3.87. The van der Waals surface area contributed by atoms with Gasteiger partial charge in [-0.25, -0.2) is 4.79 Å². The number of unbranched alkanes of at least 4 members (excludes halogenated alkanes) is 1. The Bertz CT molecular complexity index is 304. The van der Waals surface area contributed by atoms with Crippen LogP contribution in [0.2, 0.25) is 0 Å². The summed E-state index contributed by atoms with van der Waals surface area (Å²) in [6, 6.07) is 0.0456. The molecule has 0 saturated heterocycles. The van der Waals surface area contributed by atoms with Crippen LogP contribution in [0.1, 0.15) is 58.3 Å². The predicted molar refractivity (Wildman–Crippen MR) is 76.9 cm³/mol. The van der Waals surface area contributed by atoms with Gasteiger partial charge in [0.2, 0.25) is 0 Å². The fourth-order valence-electron chi connectivity index (χ4n) is 5.22. The topological polar surface area (TPSA) is 41.1 Å². The van der Waals surface area contributed by atoms with E-state index >= 15 is 0 Å². The Balaban J connectivity index is 1.48. The van der Waals surface area contributed by atoms with E-state index in [1.165, 1.54) is 38.5 Å². The van der Waals surface area contributed by atoms with E-state index < -0.39 is 0 Å². The van der Waals surface area contributed by atoms with Crippen LogP contribution in [-0.4, -0.2) is 19.1 Å². The summed E-state index contributed by atoms with van der Waals surface area (Å²) in [5.74, 6) is 2.91. The Hall–Kier alpha value is -0.730. The zero-order valence-electron chi connectivity index (χ0n) is 12.2. The second-order valence-electron chi connectivity index (χ2n) is 7.38. The molecule has 4 bridgehead atoms. The Morgan fingerprint density at radius 2 is 1.63 bits per heavy atom. The molecule has 0 spiro atoms. The Morgan fingerprint density at radius 1 is 1.05 bits per heavy atom. The van der Waals surface area contributed by atoms with E-state index in [-0.39, 0.29) is 6.03 Å². The van der Waals surface area contributed by atoms with E-state index in [2.05, 4.69) is 17.6 Å². The normalized spacial score (nSPS) is 39.3. The summed E-state index contributed by atoms with van der Waals surface area (Å²) in [5, 5.41) is 6.11. The average Bonchev–Trinajstić information content (AvgIpc) is 2.35. The third kappa shape index (κ3) is 2.90. The molecule has 2 N–H and O–H groups in total. The van der Waals surface area contributed by atoms with Crippen LogP contribution in [0.3, 0.4) is 0 Å². The molecule has 4 fully saturated rings. The van der Waals surface area contributed by atoms with Gasteiger partial charge in [0.1, 0.15) is 0 Å². The summed E-state index contributed by atoms with van der Waals surface area (Å²) in [4.78, 5) is 11.8. The van der Waals surface area contributed by atoms with Crippen LogP contribution >= 0.6 is 0 Å². The first-order chi connectivity index (χ1) is 9.19. The molecule has 0 aromatic rings. The SMILES string of the molecule is CCCCNC(=O)NCC12CC3CC(CC(C3)C1)C2. The van der Waals surface area contributed by atoms with E-state index in [1.807, 2.05) is 0 Å². The molecule has 0 unspecified atom stereocenters. The fourth-order valence-corrected chi connectivity index (χ4v) is 5.22. The number of carbonyl (C=O) groups is 1. The Morgan fingerprint density at radius 3 is 2.16 bits per heavy atom. The highest BCUT2D eigenvalue weighted by Gasteiger charge is 2.50. The molecule has 0 heterocycles. The van der Waals surface area contributed by atoms with E-state index in [9.17, 15) is 4.79 Å². The standard InChI is InChI=1S/C16H28N2O/c1-2-3-4-17-15(19)18-11-16-8-12-5-13(9-16)7-14(6-12)10-16/h12-14H,2-11H2,1H3,(H2,17,18,19). The average molecular weight is 264 g/mol. The fraction of sp³-hybridized carbons (Fsp3) is 0.938. The molecule has 2 amide bonds. The van der Waals surface area contributed by atoms with Gasteiger partial charge in [-0.05, 0) is 68.1 Å². The summed E-state index contributed by atoms with van der Waals surface area (Å²) in [5.41, 5.74) is 0.455. The third-order valence-corrected chi connectivity index (χ3v) is 5.60. The largest absolute Gasteiger partial charge is 0.338 e. The van der Waals surface area contributed by atoms with Crippen molar-refractivity contribution in [2.45, 2.75) is 58.3 Å². The lowest BCUT2D eigenvalue weighted by Crippen LogP contribution is -2.52. The van der Waals surface area contributed by atoms with Crippen LogP contribution in [0.25, 0.3) is 0 Å². The molecule has 4 rings (SSSR count). The zero-order chi connectivity index (χ0) is 13.3. The van der Waals surface area contributed by atoms with Crippen LogP contribution < -0.4 is 10.6 Å². The number of carbonyl (C=O) groups excluding carboxylic acids is 1. The first-order valence-corrected chi connectivity index (χ1v) is 8.21. The Kier molecular flexibility index (Phi) is 3.72. The minimum absolute atomic E-state index is 0.0456. The van der Waals surface area contributed by atoms with Crippen molar-refractivity contribution in [1.82, 2.24) is 10.6 Å². The van der Waals surface area contributed by atoms with Gasteiger partial charge >= 0.3 is 6.03 Å². The molecule has 4 saturated carbocycles. The number of amides is 2. The van der Waals surface area contributed by atoms with Gasteiger partial charge in [0.05, 0.1) is 0 Å². The van der Waals surface area contributed by atoms with Crippen LogP contribution in [0.4, 0.5) is 4.79 Å². The van der Waals surface area contributed by atoms with Crippen LogP contribution in [0.15, 0.2) is 0 Å². The summed E-state index contributed by atoms with van der Waals surface area (Å²) >= 11 is 0. The van der Waals surface area contributed by atoms with Crippen molar-refractivity contribution < 1.29 is 4.79 Å². The summed E-state index contributed by atoms with van der Waals surface area (Å²) < 4.78 is 0. The number of nitrogens with one attached hydrogen (secondary N) is 2. The van der Waals surface area contributed by atoms with Gasteiger partial charge in [-0.3, -0.25) is 0 Å². The molecule has 108 valence electrons. The van der Waals surface area contributed by atoms with Crippen molar-refractivity contribution in [3.05, 3.63) is 0 Å². The highest BCUT2D eigenvalue weighted by atomic mass is 16.2. The molecule has 0 aromatic carbocycles. The molecular formula is C16H28N2O. The first-order valence-electron chi connectivity index (χ1n) is 8.21. The second-order valence-corrected chi connectivity index (χ2v) is 7.38. The summed E-state index contributed by atoms with van der Waals surface area (Å²) in [7, 11) is 0. The maximum atomic E-state index is 11.8. The molecular weight excluding hydrogens is 236 g/mol. The minimum atomic E-state index is 0.0456. The van der Waals surface area contributed by atoms with Crippen molar-refractivity contribution in [2.24, 2.45) is 23.2 Å². The lowest BCUT2D eigenvalue weighted by Gasteiger charge is -2.56. The number of rotatable bonds is 5. The highest BCUT2D eigenvalue weighted by molar-refractivity contribution is 5.73. The van der Waals surface area contributed by atoms with E-state index in [0.717, 1.165) is 43.7 Å². The smallest absolute Gasteiger partial charge is 0.314 e. The number of hydrogen-bond donors (Lipinski definition) is 2. The van der Waals surface area contributed by atoms with E-state index in [1.54, 1.807) is 0 Å². The van der Waals surface area contributed by atoms with Crippen molar-refractivity contribution >= 4 is 6.03 Å². The molecule has 0 radical (unpaired) electrons. The molecule has 3 nitrogen and oxygen atoms in total. The third-order valence-electron chi connectivity index (χ3n) is 5.60. The highest BCUT2D eigenvalue weighted by Crippen LogP contribution is 2.59. The summed E-state index contributed by atoms with van der Waals surface area (Å²) in [6.07, 6.45) is 10.7. The lowest BCUT2D eigenvalue weighted by molar-refractivity contribution is -0.0498. The van der Waals surface area contributed by atoms with Crippen molar-refractivity contribution in [3.63, 3.8) is 0 Å². The van der Waals surface area contributed by atoms with Crippen LogP contribution in [0.5, 0.6) is 0 Å². The molecule has 0 atom stereocenters. The quantitative estimate of drug-likeness (QED) is 0.735. The van der Waals surface area contributed by atoms with Gasteiger partial charge in [0.25, 0.3) is 0 Å². The van der Waals surface area contributed by atoms with Gasteiger partial charge in [-0.1, -0.05) is 13.3 Å². The van der Waals surface area contributed by atoms with Gasteiger partial charge < -0.3 is 10.6 Å². The van der Waals surface area contributed by atoms with Gasteiger partial charge in [-0.2, -0.15) is 0 Å². The molecule has 19 heavy (non-hydrogen) atoms. The monoisotopic (exact) mass is 264 g/mol. The maximum absolute atomic E-state index is 11.8. The Labute approximate surface area is 116 Å². The lowest BCUT2D eigenvalue weighted by atomic mass is 9.49. The zero-order valence-corrected chi connectivity index (χ0v) is 12.2. The molecule has 4 aliphatic carbocycles. The van der Waals surface area contributed by atoms with Crippen molar-refractivity contribution in [3.8, 4) is 0 Å². The van der Waals surface area contributed by atoms with Gasteiger partial charge in [0.15, 0.2) is 0 Å². The van der Waals surface area contributed by atoms with E-state index in [4.69, 9.17) is 0 Å². The van der Waals surface area contributed by atoms with E-state index in [0.29, 0.717) is 5.41 Å². The molecule has 0 aliphatic heterocycles. The number of urea groups is 1. The maximum Gasteiger partial charge on any atom is 0.314 e. The van der Waals surface area contributed by atoms with Gasteiger partial charge in [0, 0.05) is 13.1 Å². The molecule has 3 heteroatoms. The second kappa shape index (κ2) is 5.34.